The van der Waals surface area contributed by atoms with E-state index in [1.807, 2.05) is 54.6 Å². The first kappa shape index (κ1) is 16.7. The molecule has 1 heterocycles. The molecule has 126 valence electrons. The quantitative estimate of drug-likeness (QED) is 0.668. The zero-order valence-electron chi connectivity index (χ0n) is 13.7. The van der Waals surface area contributed by atoms with Crippen molar-refractivity contribution in [2.24, 2.45) is 5.73 Å². The third-order valence-corrected chi connectivity index (χ3v) is 3.57. The largest absolute Gasteiger partial charge is 0.494 e. The Morgan fingerprint density at radius 3 is 2.56 bits per heavy atom. The van der Waals surface area contributed by atoms with Crippen molar-refractivity contribution in [3.63, 3.8) is 0 Å². The van der Waals surface area contributed by atoms with Crippen LogP contribution in [0.4, 0.5) is 0 Å². The lowest BCUT2D eigenvalue weighted by atomic mass is 10.2. The van der Waals surface area contributed by atoms with E-state index in [9.17, 15) is 0 Å². The molecule has 3 aromatic rings. The number of nitriles is 1. The monoisotopic (exact) mass is 334 g/mol. The summed E-state index contributed by atoms with van der Waals surface area (Å²) < 4.78 is 11.1. The van der Waals surface area contributed by atoms with Gasteiger partial charge in [-0.15, -0.1) is 0 Å². The second-order valence-electron chi connectivity index (χ2n) is 5.33. The summed E-state index contributed by atoms with van der Waals surface area (Å²) in [4.78, 5) is 9.06. The molecule has 0 aliphatic rings. The molecule has 3 rings (SSSR count). The SMILES string of the molecule is N#CCOc1nc(-c2ccc(OCCCN)cc2)nc2ccccc12. The van der Waals surface area contributed by atoms with Gasteiger partial charge < -0.3 is 15.2 Å². The topological polar surface area (TPSA) is 94.0 Å². The summed E-state index contributed by atoms with van der Waals surface area (Å²) in [6.45, 7) is 1.14. The average molecular weight is 334 g/mol. The minimum Gasteiger partial charge on any atom is -0.494 e. The summed E-state index contributed by atoms with van der Waals surface area (Å²) >= 11 is 0. The van der Waals surface area contributed by atoms with Crippen LogP contribution in [0.1, 0.15) is 6.42 Å². The van der Waals surface area contributed by atoms with E-state index >= 15 is 0 Å². The van der Waals surface area contributed by atoms with Crippen molar-refractivity contribution in [3.05, 3.63) is 48.5 Å². The number of benzene rings is 2. The Labute approximate surface area is 145 Å². The second-order valence-corrected chi connectivity index (χ2v) is 5.33. The molecule has 2 aromatic carbocycles. The lowest BCUT2D eigenvalue weighted by Gasteiger charge is -2.09. The molecule has 0 spiro atoms. The van der Waals surface area contributed by atoms with Crippen LogP contribution >= 0.6 is 0 Å². The van der Waals surface area contributed by atoms with Crippen LogP contribution in [0.25, 0.3) is 22.3 Å². The van der Waals surface area contributed by atoms with Crippen molar-refractivity contribution >= 4 is 10.9 Å². The fourth-order valence-corrected chi connectivity index (χ4v) is 2.36. The Hall–Kier alpha value is -3.17. The Kier molecular flexibility index (Phi) is 5.39. The number of nitrogens with zero attached hydrogens (tertiary/aromatic N) is 3. The molecule has 1 aromatic heterocycles. The lowest BCUT2D eigenvalue weighted by Crippen LogP contribution is -2.06. The standard InChI is InChI=1S/C19H18N4O2/c20-10-3-12-24-15-8-6-14(7-9-15)18-22-17-5-2-1-4-16(17)19(23-18)25-13-11-21/h1-2,4-9H,3,10,12-13,20H2. The maximum Gasteiger partial charge on any atom is 0.226 e. The van der Waals surface area contributed by atoms with Crippen molar-refractivity contribution in [1.29, 1.82) is 5.26 Å². The summed E-state index contributed by atoms with van der Waals surface area (Å²) in [6.07, 6.45) is 0.815. The fraction of sp³-hybridized carbons (Fsp3) is 0.211. The van der Waals surface area contributed by atoms with Crippen molar-refractivity contribution in [2.75, 3.05) is 19.8 Å². The molecule has 0 fully saturated rings. The molecule has 0 aliphatic carbocycles. The van der Waals surface area contributed by atoms with Crippen molar-refractivity contribution < 1.29 is 9.47 Å². The number of para-hydroxylation sites is 1. The zero-order valence-corrected chi connectivity index (χ0v) is 13.7. The highest BCUT2D eigenvalue weighted by atomic mass is 16.5. The molecule has 6 nitrogen and oxygen atoms in total. The van der Waals surface area contributed by atoms with Gasteiger partial charge in [-0.25, -0.2) is 4.98 Å². The fourth-order valence-electron chi connectivity index (χ4n) is 2.36. The van der Waals surface area contributed by atoms with Crippen LogP contribution in [0.5, 0.6) is 11.6 Å². The van der Waals surface area contributed by atoms with Gasteiger partial charge in [0, 0.05) is 5.56 Å². The summed E-state index contributed by atoms with van der Waals surface area (Å²) in [6, 6.07) is 17.1. The molecule has 0 radical (unpaired) electrons. The van der Waals surface area contributed by atoms with Crippen molar-refractivity contribution in [1.82, 2.24) is 9.97 Å². The molecule has 25 heavy (non-hydrogen) atoms. The molecule has 0 amide bonds. The third-order valence-electron chi connectivity index (χ3n) is 3.57. The number of nitrogens with two attached hydrogens (primary N) is 1. The minimum atomic E-state index is -0.0611. The van der Waals surface area contributed by atoms with E-state index in [0.717, 1.165) is 28.6 Å². The van der Waals surface area contributed by atoms with Gasteiger partial charge >= 0.3 is 0 Å². The number of aromatic nitrogens is 2. The molecule has 0 unspecified atom stereocenters. The highest BCUT2D eigenvalue weighted by molar-refractivity contribution is 5.85. The highest BCUT2D eigenvalue weighted by Gasteiger charge is 2.10. The Morgan fingerprint density at radius 2 is 1.80 bits per heavy atom. The van der Waals surface area contributed by atoms with E-state index < -0.39 is 0 Å². The van der Waals surface area contributed by atoms with Gasteiger partial charge in [-0.05, 0) is 49.4 Å². The van der Waals surface area contributed by atoms with Gasteiger partial charge in [-0.1, -0.05) is 12.1 Å². The third kappa shape index (κ3) is 4.03. The maximum atomic E-state index is 8.77. The number of fused-ring (bicyclic) bond motifs is 1. The van der Waals surface area contributed by atoms with Crippen LogP contribution in [0, 0.1) is 11.3 Å². The summed E-state index contributed by atoms with van der Waals surface area (Å²) in [7, 11) is 0. The number of hydrogen-bond donors (Lipinski definition) is 1. The van der Waals surface area contributed by atoms with Gasteiger partial charge in [0.15, 0.2) is 12.4 Å². The molecule has 0 atom stereocenters. The Bertz CT molecular complexity index is 888. The molecule has 6 heteroatoms. The molecule has 0 bridgehead atoms. The maximum absolute atomic E-state index is 8.77. The Morgan fingerprint density at radius 1 is 1.00 bits per heavy atom. The first-order valence-electron chi connectivity index (χ1n) is 8.01. The molecule has 0 saturated heterocycles. The lowest BCUT2D eigenvalue weighted by molar-refractivity contribution is 0.313. The molecule has 2 N–H and O–H groups in total. The summed E-state index contributed by atoms with van der Waals surface area (Å²) in [5.74, 6) is 1.73. The predicted octanol–water partition coefficient (Wildman–Crippen LogP) is 2.93. The van der Waals surface area contributed by atoms with E-state index in [-0.39, 0.29) is 6.61 Å². The van der Waals surface area contributed by atoms with Crippen molar-refractivity contribution in [2.45, 2.75) is 6.42 Å². The first-order valence-corrected chi connectivity index (χ1v) is 8.01. The van der Waals surface area contributed by atoms with Gasteiger partial charge in [0.1, 0.15) is 11.8 Å². The van der Waals surface area contributed by atoms with Gasteiger partial charge in [-0.3, -0.25) is 0 Å². The van der Waals surface area contributed by atoms with Crippen molar-refractivity contribution in [3.8, 4) is 29.1 Å². The van der Waals surface area contributed by atoms with Crippen LogP contribution in [0.2, 0.25) is 0 Å². The van der Waals surface area contributed by atoms with Crippen LogP contribution in [0.3, 0.4) is 0 Å². The minimum absolute atomic E-state index is 0.0611. The van der Waals surface area contributed by atoms with Crippen LogP contribution < -0.4 is 15.2 Å². The van der Waals surface area contributed by atoms with Gasteiger partial charge in [0.2, 0.25) is 5.88 Å². The predicted molar refractivity (Wildman–Crippen MR) is 95.2 cm³/mol. The zero-order chi connectivity index (χ0) is 17.5. The first-order chi connectivity index (χ1) is 12.3. The van der Waals surface area contributed by atoms with Gasteiger partial charge in [0.25, 0.3) is 0 Å². The smallest absolute Gasteiger partial charge is 0.226 e. The van der Waals surface area contributed by atoms with E-state index in [1.54, 1.807) is 0 Å². The highest BCUT2D eigenvalue weighted by Crippen LogP contribution is 2.27. The van der Waals surface area contributed by atoms with E-state index in [0.29, 0.717) is 24.9 Å². The summed E-state index contributed by atoms with van der Waals surface area (Å²) in [5.41, 5.74) is 7.07. The Balaban J connectivity index is 1.91. The van der Waals surface area contributed by atoms with Crippen LogP contribution in [-0.4, -0.2) is 29.7 Å². The van der Waals surface area contributed by atoms with Crippen LogP contribution in [-0.2, 0) is 0 Å². The molecular formula is C19H18N4O2. The number of ether oxygens (including phenoxy) is 2. The molecule has 0 aliphatic heterocycles. The van der Waals surface area contributed by atoms with Gasteiger partial charge in [-0.2, -0.15) is 10.2 Å². The normalized spacial score (nSPS) is 10.4. The van der Waals surface area contributed by atoms with E-state index in [4.69, 9.17) is 20.5 Å². The molecular weight excluding hydrogens is 316 g/mol. The van der Waals surface area contributed by atoms with Crippen LogP contribution in [0.15, 0.2) is 48.5 Å². The number of hydrogen-bond acceptors (Lipinski definition) is 6. The van der Waals surface area contributed by atoms with E-state index in [2.05, 4.69) is 9.97 Å². The second kappa shape index (κ2) is 8.08. The van der Waals surface area contributed by atoms with Gasteiger partial charge in [0.05, 0.1) is 17.5 Å². The number of rotatable bonds is 7. The van der Waals surface area contributed by atoms with E-state index in [1.165, 1.54) is 0 Å². The summed E-state index contributed by atoms with van der Waals surface area (Å²) in [5, 5.41) is 9.55. The average Bonchev–Trinajstić information content (AvgIpc) is 2.66. The molecule has 0 saturated carbocycles.